The van der Waals surface area contributed by atoms with Crippen LogP contribution >= 0.6 is 0 Å². The Labute approximate surface area is 114 Å². The van der Waals surface area contributed by atoms with Crippen molar-refractivity contribution in [2.24, 2.45) is 11.3 Å². The van der Waals surface area contributed by atoms with Gasteiger partial charge in [-0.05, 0) is 29.7 Å². The quantitative estimate of drug-likeness (QED) is 0.446. The maximum Gasteiger partial charge on any atom is 0.269 e. The normalized spacial score (nSPS) is 13.0. The van der Waals surface area contributed by atoms with Crippen LogP contribution in [0.3, 0.4) is 0 Å². The van der Waals surface area contributed by atoms with Gasteiger partial charge < -0.3 is 4.79 Å². The number of nitro benzene ring substituents is 1. The first-order chi connectivity index (χ1) is 8.81. The van der Waals surface area contributed by atoms with Crippen molar-refractivity contribution in [2.75, 3.05) is 0 Å². The molecule has 0 saturated heterocycles. The van der Waals surface area contributed by atoms with Crippen molar-refractivity contribution in [3.8, 4) is 0 Å². The topological polar surface area (TPSA) is 60.2 Å². The Morgan fingerprint density at radius 3 is 2.58 bits per heavy atom. The zero-order valence-corrected chi connectivity index (χ0v) is 11.8. The van der Waals surface area contributed by atoms with E-state index in [-0.39, 0.29) is 21.9 Å². The van der Waals surface area contributed by atoms with Gasteiger partial charge in [0.05, 0.1) is 4.92 Å². The lowest BCUT2D eigenvalue weighted by molar-refractivity contribution is -0.384. The third-order valence-electron chi connectivity index (χ3n) is 2.98. The minimum absolute atomic E-state index is 0.109. The Bertz CT molecular complexity index is 449. The van der Waals surface area contributed by atoms with Crippen molar-refractivity contribution in [1.29, 1.82) is 0 Å². The molecule has 1 rings (SSSR count). The molecule has 1 aromatic rings. The van der Waals surface area contributed by atoms with Gasteiger partial charge in [0.2, 0.25) is 0 Å². The van der Waals surface area contributed by atoms with E-state index in [1.807, 2.05) is 6.07 Å². The van der Waals surface area contributed by atoms with Crippen LogP contribution in [0, 0.1) is 21.4 Å². The number of nitrogens with zero attached hydrogens (tertiary/aromatic N) is 1. The molecule has 0 aliphatic heterocycles. The van der Waals surface area contributed by atoms with Crippen LogP contribution in [0.1, 0.15) is 39.2 Å². The average Bonchev–Trinajstić information content (AvgIpc) is 2.27. The fourth-order valence-corrected chi connectivity index (χ4v) is 2.37. The highest BCUT2D eigenvalue weighted by molar-refractivity contribution is 5.50. The van der Waals surface area contributed by atoms with Crippen LogP contribution in [0.2, 0.25) is 0 Å². The number of hydrogen-bond donors (Lipinski definition) is 0. The van der Waals surface area contributed by atoms with Gasteiger partial charge in [-0.3, -0.25) is 10.1 Å². The molecule has 1 unspecified atom stereocenters. The number of benzene rings is 1. The molecular formula is C15H21NO3. The molecule has 0 aliphatic carbocycles. The smallest absolute Gasteiger partial charge is 0.269 e. The summed E-state index contributed by atoms with van der Waals surface area (Å²) in [5, 5.41) is 10.7. The molecule has 0 saturated carbocycles. The molecule has 0 N–H and O–H groups in total. The van der Waals surface area contributed by atoms with Gasteiger partial charge in [0, 0.05) is 18.6 Å². The molecule has 0 spiro atoms. The molecule has 0 bridgehead atoms. The van der Waals surface area contributed by atoms with Gasteiger partial charge in [0.1, 0.15) is 6.29 Å². The highest BCUT2D eigenvalue weighted by Crippen LogP contribution is 2.29. The molecule has 0 fully saturated rings. The molecule has 4 heteroatoms. The SMILES string of the molecule is CC(C)(C)CC(CC=O)Cc1cccc([N+](=O)[O-])c1. The second-order valence-corrected chi connectivity index (χ2v) is 6.16. The van der Waals surface area contributed by atoms with Crippen LogP contribution in [0.5, 0.6) is 0 Å². The van der Waals surface area contributed by atoms with Gasteiger partial charge in [0.25, 0.3) is 5.69 Å². The van der Waals surface area contributed by atoms with Crippen molar-refractivity contribution in [2.45, 2.75) is 40.0 Å². The third kappa shape index (κ3) is 5.64. The maximum absolute atomic E-state index is 10.8. The fourth-order valence-electron chi connectivity index (χ4n) is 2.37. The number of rotatable bonds is 6. The molecule has 1 atom stereocenters. The van der Waals surface area contributed by atoms with Crippen LogP contribution in [0.25, 0.3) is 0 Å². The summed E-state index contributed by atoms with van der Waals surface area (Å²) in [5.41, 5.74) is 1.18. The lowest BCUT2D eigenvalue weighted by Crippen LogP contribution is -2.16. The molecule has 104 valence electrons. The number of non-ortho nitro benzene ring substituents is 1. The predicted octanol–water partition coefficient (Wildman–Crippen LogP) is 3.78. The summed E-state index contributed by atoms with van der Waals surface area (Å²) < 4.78 is 0. The van der Waals surface area contributed by atoms with Gasteiger partial charge in [-0.15, -0.1) is 0 Å². The van der Waals surface area contributed by atoms with E-state index >= 15 is 0 Å². The monoisotopic (exact) mass is 263 g/mol. The average molecular weight is 263 g/mol. The Hall–Kier alpha value is -1.71. The highest BCUT2D eigenvalue weighted by atomic mass is 16.6. The van der Waals surface area contributed by atoms with E-state index < -0.39 is 0 Å². The van der Waals surface area contributed by atoms with E-state index in [4.69, 9.17) is 0 Å². The van der Waals surface area contributed by atoms with Crippen molar-refractivity contribution in [3.05, 3.63) is 39.9 Å². The number of nitro groups is 1. The number of carbonyl (C=O) groups is 1. The summed E-state index contributed by atoms with van der Waals surface area (Å²) in [6.07, 6.45) is 3.07. The largest absolute Gasteiger partial charge is 0.303 e. The van der Waals surface area contributed by atoms with E-state index in [1.54, 1.807) is 12.1 Å². The minimum Gasteiger partial charge on any atom is -0.303 e. The van der Waals surface area contributed by atoms with E-state index in [2.05, 4.69) is 20.8 Å². The van der Waals surface area contributed by atoms with Crippen LogP contribution < -0.4 is 0 Å². The van der Waals surface area contributed by atoms with Gasteiger partial charge in [-0.1, -0.05) is 32.9 Å². The van der Waals surface area contributed by atoms with Gasteiger partial charge in [-0.2, -0.15) is 0 Å². The molecule has 0 amide bonds. The van der Waals surface area contributed by atoms with E-state index in [0.717, 1.165) is 18.3 Å². The predicted molar refractivity (Wildman–Crippen MR) is 75.0 cm³/mol. The number of carbonyl (C=O) groups excluding carboxylic acids is 1. The van der Waals surface area contributed by atoms with Crippen LogP contribution in [0.15, 0.2) is 24.3 Å². The zero-order valence-electron chi connectivity index (χ0n) is 11.8. The summed E-state index contributed by atoms with van der Waals surface area (Å²) in [4.78, 5) is 21.1. The number of aldehydes is 1. The van der Waals surface area contributed by atoms with Crippen molar-refractivity contribution >= 4 is 12.0 Å². The Balaban J connectivity index is 2.81. The summed E-state index contributed by atoms with van der Waals surface area (Å²) in [7, 11) is 0. The van der Waals surface area contributed by atoms with E-state index in [9.17, 15) is 14.9 Å². The molecule has 19 heavy (non-hydrogen) atoms. The summed E-state index contributed by atoms with van der Waals surface area (Å²) in [6, 6.07) is 6.67. The van der Waals surface area contributed by atoms with Gasteiger partial charge in [0.15, 0.2) is 0 Å². The lowest BCUT2D eigenvalue weighted by atomic mass is 9.81. The van der Waals surface area contributed by atoms with E-state index in [0.29, 0.717) is 12.8 Å². The van der Waals surface area contributed by atoms with Crippen molar-refractivity contribution < 1.29 is 9.72 Å². The Kier molecular flexibility index (Phi) is 5.21. The minimum atomic E-state index is -0.387. The standard InChI is InChI=1S/C15H21NO3/c1-15(2,3)11-13(7-8-17)9-12-5-4-6-14(10-12)16(18)19/h4-6,8,10,13H,7,9,11H2,1-3H3. The molecular weight excluding hydrogens is 242 g/mol. The summed E-state index contributed by atoms with van der Waals surface area (Å²) in [5.74, 6) is 0.236. The fraction of sp³-hybridized carbons (Fsp3) is 0.533. The molecule has 0 aliphatic rings. The molecule has 0 heterocycles. The van der Waals surface area contributed by atoms with Crippen LogP contribution in [0.4, 0.5) is 5.69 Å². The molecule has 1 aromatic carbocycles. The first-order valence-electron chi connectivity index (χ1n) is 6.49. The third-order valence-corrected chi connectivity index (χ3v) is 2.98. The highest BCUT2D eigenvalue weighted by Gasteiger charge is 2.19. The zero-order chi connectivity index (χ0) is 14.5. The molecule has 0 radical (unpaired) electrons. The van der Waals surface area contributed by atoms with Crippen LogP contribution in [-0.4, -0.2) is 11.2 Å². The lowest BCUT2D eigenvalue weighted by Gasteiger charge is -2.24. The molecule has 4 nitrogen and oxygen atoms in total. The summed E-state index contributed by atoms with van der Waals surface area (Å²) in [6.45, 7) is 6.41. The number of hydrogen-bond acceptors (Lipinski definition) is 3. The van der Waals surface area contributed by atoms with Crippen LogP contribution in [-0.2, 0) is 11.2 Å². The van der Waals surface area contributed by atoms with Gasteiger partial charge >= 0.3 is 0 Å². The summed E-state index contributed by atoms with van der Waals surface area (Å²) >= 11 is 0. The second kappa shape index (κ2) is 6.45. The first kappa shape index (κ1) is 15.3. The van der Waals surface area contributed by atoms with Crippen molar-refractivity contribution in [3.63, 3.8) is 0 Å². The maximum atomic E-state index is 10.8. The molecule has 0 aromatic heterocycles. The van der Waals surface area contributed by atoms with E-state index in [1.165, 1.54) is 6.07 Å². The first-order valence-corrected chi connectivity index (χ1v) is 6.49. The second-order valence-electron chi connectivity index (χ2n) is 6.16. The Morgan fingerprint density at radius 1 is 1.37 bits per heavy atom. The van der Waals surface area contributed by atoms with Crippen molar-refractivity contribution in [1.82, 2.24) is 0 Å². The van der Waals surface area contributed by atoms with Gasteiger partial charge in [-0.25, -0.2) is 0 Å². The Morgan fingerprint density at radius 2 is 2.05 bits per heavy atom.